The molecule has 4 nitrogen and oxygen atoms in total. The van der Waals surface area contributed by atoms with Crippen molar-refractivity contribution in [3.63, 3.8) is 0 Å². The monoisotopic (exact) mass is 213 g/mol. The van der Waals surface area contributed by atoms with Gasteiger partial charge in [-0.15, -0.1) is 0 Å². The number of nitrogens with two attached hydrogens (primary N) is 1. The number of morpholine rings is 1. The second kappa shape index (κ2) is 5.25. The maximum Gasteiger partial charge on any atom is 0.0714 e. The normalized spacial score (nSPS) is 35.6. The Hall–Kier alpha value is -0.160. The molecule has 15 heavy (non-hydrogen) atoms. The van der Waals surface area contributed by atoms with E-state index in [1.165, 1.54) is 13.0 Å². The first-order valence-electron chi connectivity index (χ1n) is 6.02. The SMILES string of the molecule is CN1CCC(C(N)CC2CNCCO2)C1. The van der Waals surface area contributed by atoms with Crippen LogP contribution in [0.15, 0.2) is 0 Å². The van der Waals surface area contributed by atoms with Gasteiger partial charge in [-0.05, 0) is 32.4 Å². The van der Waals surface area contributed by atoms with Gasteiger partial charge in [0.15, 0.2) is 0 Å². The van der Waals surface area contributed by atoms with E-state index in [0.29, 0.717) is 18.1 Å². The summed E-state index contributed by atoms with van der Waals surface area (Å²) in [5.41, 5.74) is 6.24. The van der Waals surface area contributed by atoms with Crippen molar-refractivity contribution >= 4 is 0 Å². The van der Waals surface area contributed by atoms with Gasteiger partial charge < -0.3 is 20.7 Å². The number of rotatable bonds is 3. The fourth-order valence-corrected chi connectivity index (χ4v) is 2.59. The molecule has 3 N–H and O–H groups in total. The summed E-state index contributed by atoms with van der Waals surface area (Å²) in [6.45, 7) is 5.14. The predicted molar refractivity (Wildman–Crippen MR) is 60.8 cm³/mol. The van der Waals surface area contributed by atoms with Gasteiger partial charge in [-0.25, -0.2) is 0 Å². The first kappa shape index (κ1) is 11.3. The fourth-order valence-electron chi connectivity index (χ4n) is 2.59. The molecule has 2 fully saturated rings. The third-order valence-corrected chi connectivity index (χ3v) is 3.57. The summed E-state index contributed by atoms with van der Waals surface area (Å²) >= 11 is 0. The first-order valence-corrected chi connectivity index (χ1v) is 6.02. The van der Waals surface area contributed by atoms with Crippen molar-refractivity contribution in [1.29, 1.82) is 0 Å². The second-order valence-corrected chi connectivity index (χ2v) is 4.91. The van der Waals surface area contributed by atoms with E-state index < -0.39 is 0 Å². The van der Waals surface area contributed by atoms with E-state index in [9.17, 15) is 0 Å². The molecule has 0 amide bonds. The third kappa shape index (κ3) is 3.14. The van der Waals surface area contributed by atoms with E-state index in [0.717, 1.165) is 32.7 Å². The van der Waals surface area contributed by atoms with Crippen LogP contribution >= 0.6 is 0 Å². The number of hydrogen-bond acceptors (Lipinski definition) is 4. The molecule has 3 atom stereocenters. The molecule has 3 unspecified atom stereocenters. The van der Waals surface area contributed by atoms with E-state index in [1.807, 2.05) is 0 Å². The standard InChI is InChI=1S/C11H23N3O/c1-14-4-2-9(8-14)11(12)6-10-7-13-3-5-15-10/h9-11,13H,2-8,12H2,1H3. The van der Waals surface area contributed by atoms with Crippen LogP contribution in [0.2, 0.25) is 0 Å². The Morgan fingerprint density at radius 1 is 1.60 bits per heavy atom. The van der Waals surface area contributed by atoms with Crippen LogP contribution in [0.1, 0.15) is 12.8 Å². The van der Waals surface area contributed by atoms with E-state index >= 15 is 0 Å². The van der Waals surface area contributed by atoms with Crippen molar-refractivity contribution in [3.8, 4) is 0 Å². The second-order valence-electron chi connectivity index (χ2n) is 4.91. The first-order chi connectivity index (χ1) is 7.25. The summed E-state index contributed by atoms with van der Waals surface area (Å²) in [5.74, 6) is 0.667. The molecule has 0 aliphatic carbocycles. The average Bonchev–Trinajstić information content (AvgIpc) is 2.66. The zero-order valence-electron chi connectivity index (χ0n) is 9.61. The van der Waals surface area contributed by atoms with E-state index in [2.05, 4.69) is 17.3 Å². The van der Waals surface area contributed by atoms with Crippen LogP contribution in [0.25, 0.3) is 0 Å². The Morgan fingerprint density at radius 2 is 2.47 bits per heavy atom. The lowest BCUT2D eigenvalue weighted by atomic mass is 9.94. The van der Waals surface area contributed by atoms with Crippen molar-refractivity contribution in [2.24, 2.45) is 11.7 Å². The quantitative estimate of drug-likeness (QED) is 0.672. The van der Waals surface area contributed by atoms with E-state index in [4.69, 9.17) is 10.5 Å². The van der Waals surface area contributed by atoms with Gasteiger partial charge >= 0.3 is 0 Å². The minimum Gasteiger partial charge on any atom is -0.376 e. The van der Waals surface area contributed by atoms with Crippen molar-refractivity contribution in [2.75, 3.05) is 39.8 Å². The highest BCUT2D eigenvalue weighted by atomic mass is 16.5. The van der Waals surface area contributed by atoms with Gasteiger partial charge in [0.2, 0.25) is 0 Å². The highest BCUT2D eigenvalue weighted by molar-refractivity contribution is 4.84. The number of likely N-dealkylation sites (tertiary alicyclic amines) is 1. The van der Waals surface area contributed by atoms with Crippen LogP contribution < -0.4 is 11.1 Å². The maximum absolute atomic E-state index is 6.24. The van der Waals surface area contributed by atoms with Crippen LogP contribution in [-0.4, -0.2) is 56.9 Å². The highest BCUT2D eigenvalue weighted by Crippen LogP contribution is 2.20. The zero-order valence-corrected chi connectivity index (χ0v) is 9.61. The zero-order chi connectivity index (χ0) is 10.7. The van der Waals surface area contributed by atoms with Gasteiger partial charge in [0.05, 0.1) is 12.7 Å². The number of ether oxygens (including phenoxy) is 1. The van der Waals surface area contributed by atoms with E-state index in [-0.39, 0.29) is 0 Å². The van der Waals surface area contributed by atoms with Crippen LogP contribution in [0.4, 0.5) is 0 Å². The lowest BCUT2D eigenvalue weighted by Crippen LogP contribution is -2.44. The summed E-state index contributed by atoms with van der Waals surface area (Å²) < 4.78 is 5.68. The fraction of sp³-hybridized carbons (Fsp3) is 1.00. The summed E-state index contributed by atoms with van der Waals surface area (Å²) in [4.78, 5) is 2.37. The molecule has 2 saturated heterocycles. The molecule has 0 saturated carbocycles. The average molecular weight is 213 g/mol. The molecule has 0 aromatic heterocycles. The summed E-state index contributed by atoms with van der Waals surface area (Å²) in [6.07, 6.45) is 2.59. The lowest BCUT2D eigenvalue weighted by Gasteiger charge is -2.28. The van der Waals surface area contributed by atoms with Crippen molar-refractivity contribution in [1.82, 2.24) is 10.2 Å². The molecule has 0 spiro atoms. The van der Waals surface area contributed by atoms with Gasteiger partial charge in [-0.1, -0.05) is 0 Å². The smallest absolute Gasteiger partial charge is 0.0714 e. The Morgan fingerprint density at radius 3 is 3.07 bits per heavy atom. The molecule has 0 aromatic carbocycles. The van der Waals surface area contributed by atoms with Gasteiger partial charge in [-0.2, -0.15) is 0 Å². The van der Waals surface area contributed by atoms with Gasteiger partial charge in [0.25, 0.3) is 0 Å². The minimum atomic E-state index is 0.305. The minimum absolute atomic E-state index is 0.305. The molecule has 2 heterocycles. The van der Waals surface area contributed by atoms with E-state index in [1.54, 1.807) is 0 Å². The molecule has 88 valence electrons. The predicted octanol–water partition coefficient (Wildman–Crippen LogP) is -0.356. The Labute approximate surface area is 92.1 Å². The molecule has 2 rings (SSSR count). The van der Waals surface area contributed by atoms with Crippen molar-refractivity contribution in [3.05, 3.63) is 0 Å². The van der Waals surface area contributed by atoms with Gasteiger partial charge in [0.1, 0.15) is 0 Å². The molecule has 0 bridgehead atoms. The third-order valence-electron chi connectivity index (χ3n) is 3.57. The van der Waals surface area contributed by atoms with Crippen LogP contribution in [0.3, 0.4) is 0 Å². The molecule has 2 aliphatic heterocycles. The highest BCUT2D eigenvalue weighted by Gasteiger charge is 2.27. The van der Waals surface area contributed by atoms with Crippen LogP contribution in [0, 0.1) is 5.92 Å². The van der Waals surface area contributed by atoms with Gasteiger partial charge in [-0.3, -0.25) is 0 Å². The number of nitrogens with one attached hydrogen (secondary N) is 1. The Bertz CT molecular complexity index is 194. The van der Waals surface area contributed by atoms with Crippen molar-refractivity contribution in [2.45, 2.75) is 25.0 Å². The van der Waals surface area contributed by atoms with Crippen LogP contribution in [0.5, 0.6) is 0 Å². The molecule has 2 aliphatic rings. The molecular weight excluding hydrogens is 190 g/mol. The van der Waals surface area contributed by atoms with Crippen LogP contribution in [-0.2, 0) is 4.74 Å². The molecule has 4 heteroatoms. The Balaban J connectivity index is 1.73. The lowest BCUT2D eigenvalue weighted by molar-refractivity contribution is 0.0163. The number of hydrogen-bond donors (Lipinski definition) is 2. The van der Waals surface area contributed by atoms with Gasteiger partial charge in [0, 0.05) is 25.7 Å². The Kier molecular flexibility index (Phi) is 3.97. The number of nitrogens with zero attached hydrogens (tertiary/aromatic N) is 1. The summed E-state index contributed by atoms with van der Waals surface area (Å²) in [5, 5.41) is 3.35. The summed E-state index contributed by atoms with van der Waals surface area (Å²) in [7, 11) is 2.17. The summed E-state index contributed by atoms with van der Waals surface area (Å²) in [6, 6.07) is 0.305. The molecular formula is C11H23N3O. The largest absolute Gasteiger partial charge is 0.376 e. The molecule has 0 aromatic rings. The topological polar surface area (TPSA) is 50.5 Å². The van der Waals surface area contributed by atoms with Crippen molar-refractivity contribution < 1.29 is 4.74 Å². The maximum atomic E-state index is 6.24. The molecule has 0 radical (unpaired) electrons.